The van der Waals surface area contributed by atoms with E-state index >= 15 is 0 Å². The quantitative estimate of drug-likeness (QED) is 0.820. The van der Waals surface area contributed by atoms with Crippen LogP contribution in [-0.2, 0) is 0 Å². The SMILES string of the molecule is CC(C)(C#N)CCOc1ccc(N)cc1Cl. The first-order chi connectivity index (χ1) is 7.44. The van der Waals surface area contributed by atoms with Crippen molar-refractivity contribution in [3.05, 3.63) is 23.2 Å². The van der Waals surface area contributed by atoms with Crippen LogP contribution in [0.15, 0.2) is 18.2 Å². The molecule has 0 saturated heterocycles. The zero-order valence-corrected chi connectivity index (χ0v) is 10.2. The Bertz CT molecular complexity index is 410. The number of nitrogens with zero attached hydrogens (tertiary/aromatic N) is 1. The minimum Gasteiger partial charge on any atom is -0.492 e. The van der Waals surface area contributed by atoms with Crippen molar-refractivity contribution in [2.45, 2.75) is 20.3 Å². The van der Waals surface area contributed by atoms with Crippen LogP contribution in [0.3, 0.4) is 0 Å². The van der Waals surface area contributed by atoms with Gasteiger partial charge >= 0.3 is 0 Å². The Kier molecular flexibility index (Phi) is 4.03. The molecule has 16 heavy (non-hydrogen) atoms. The number of nitrogen functional groups attached to an aromatic ring is 1. The van der Waals surface area contributed by atoms with Crippen molar-refractivity contribution in [1.82, 2.24) is 0 Å². The summed E-state index contributed by atoms with van der Waals surface area (Å²) in [5, 5.41) is 9.33. The third-order valence-electron chi connectivity index (χ3n) is 2.24. The summed E-state index contributed by atoms with van der Waals surface area (Å²) in [6, 6.07) is 7.33. The zero-order valence-electron chi connectivity index (χ0n) is 9.46. The van der Waals surface area contributed by atoms with Gasteiger partial charge in [-0.25, -0.2) is 0 Å². The summed E-state index contributed by atoms with van der Waals surface area (Å²) in [4.78, 5) is 0. The first-order valence-corrected chi connectivity index (χ1v) is 5.41. The highest BCUT2D eigenvalue weighted by Gasteiger charge is 2.16. The van der Waals surface area contributed by atoms with E-state index in [4.69, 9.17) is 27.3 Å². The summed E-state index contributed by atoms with van der Waals surface area (Å²) in [6.45, 7) is 4.21. The molecule has 0 saturated carbocycles. The van der Waals surface area contributed by atoms with Crippen molar-refractivity contribution in [3.63, 3.8) is 0 Å². The molecule has 1 aromatic carbocycles. The summed E-state index contributed by atoms with van der Waals surface area (Å²) in [6.07, 6.45) is 0.657. The zero-order chi connectivity index (χ0) is 12.2. The van der Waals surface area contributed by atoms with Crippen LogP contribution in [0, 0.1) is 16.7 Å². The molecular weight excluding hydrogens is 224 g/mol. The van der Waals surface area contributed by atoms with Gasteiger partial charge in [0.25, 0.3) is 0 Å². The fourth-order valence-corrected chi connectivity index (χ4v) is 1.35. The number of nitrogens with two attached hydrogens (primary N) is 1. The Labute approximate surface area is 101 Å². The van der Waals surface area contributed by atoms with E-state index in [1.807, 2.05) is 13.8 Å². The van der Waals surface area contributed by atoms with Gasteiger partial charge in [0.1, 0.15) is 5.75 Å². The number of nitriles is 1. The topological polar surface area (TPSA) is 59.0 Å². The standard InChI is InChI=1S/C12H15ClN2O/c1-12(2,8-14)5-6-16-11-4-3-9(15)7-10(11)13/h3-4,7H,5-6,15H2,1-2H3. The highest BCUT2D eigenvalue weighted by molar-refractivity contribution is 6.32. The van der Waals surface area contributed by atoms with Crippen LogP contribution < -0.4 is 10.5 Å². The number of hydrogen-bond acceptors (Lipinski definition) is 3. The minimum absolute atomic E-state index is 0.375. The van der Waals surface area contributed by atoms with Crippen LogP contribution in [0.25, 0.3) is 0 Å². The molecule has 0 aliphatic rings. The third kappa shape index (κ3) is 3.63. The van der Waals surface area contributed by atoms with Gasteiger partial charge in [0, 0.05) is 5.69 Å². The second kappa shape index (κ2) is 5.09. The molecule has 0 fully saturated rings. The Morgan fingerprint density at radius 3 is 2.75 bits per heavy atom. The normalized spacial score (nSPS) is 10.9. The highest BCUT2D eigenvalue weighted by Crippen LogP contribution is 2.27. The molecule has 0 aliphatic heterocycles. The first-order valence-electron chi connectivity index (χ1n) is 5.04. The van der Waals surface area contributed by atoms with Gasteiger partial charge in [0.05, 0.1) is 23.1 Å². The van der Waals surface area contributed by atoms with Gasteiger partial charge in [-0.2, -0.15) is 5.26 Å². The number of hydrogen-bond donors (Lipinski definition) is 1. The summed E-state index contributed by atoms with van der Waals surface area (Å²) >= 11 is 5.94. The number of anilines is 1. The molecule has 0 aliphatic carbocycles. The molecule has 0 unspecified atom stereocenters. The van der Waals surface area contributed by atoms with E-state index in [-0.39, 0.29) is 5.41 Å². The molecule has 4 heteroatoms. The second-order valence-electron chi connectivity index (χ2n) is 4.28. The minimum atomic E-state index is -0.375. The van der Waals surface area contributed by atoms with E-state index < -0.39 is 0 Å². The van der Waals surface area contributed by atoms with Gasteiger partial charge in [-0.05, 0) is 38.5 Å². The maximum absolute atomic E-state index is 8.83. The lowest BCUT2D eigenvalue weighted by Gasteiger charge is -2.15. The predicted octanol–water partition coefficient (Wildman–Crippen LogP) is 3.24. The van der Waals surface area contributed by atoms with E-state index in [9.17, 15) is 0 Å². The van der Waals surface area contributed by atoms with Gasteiger partial charge in [0.15, 0.2) is 0 Å². The lowest BCUT2D eigenvalue weighted by molar-refractivity contribution is 0.264. The van der Waals surface area contributed by atoms with Crippen molar-refractivity contribution in [1.29, 1.82) is 5.26 Å². The first kappa shape index (κ1) is 12.7. The molecule has 0 spiro atoms. The van der Waals surface area contributed by atoms with Crippen LogP contribution in [0.5, 0.6) is 5.75 Å². The smallest absolute Gasteiger partial charge is 0.138 e. The Morgan fingerprint density at radius 1 is 1.50 bits per heavy atom. The van der Waals surface area contributed by atoms with Gasteiger partial charge < -0.3 is 10.5 Å². The molecule has 0 aromatic heterocycles. The molecule has 1 aromatic rings. The monoisotopic (exact) mass is 238 g/mol. The highest BCUT2D eigenvalue weighted by atomic mass is 35.5. The van der Waals surface area contributed by atoms with Gasteiger partial charge in [-0.1, -0.05) is 11.6 Å². The molecular formula is C12H15ClN2O. The molecule has 0 bridgehead atoms. The van der Waals surface area contributed by atoms with Crippen LogP contribution >= 0.6 is 11.6 Å². The second-order valence-corrected chi connectivity index (χ2v) is 4.69. The molecule has 1 rings (SSSR count). The molecule has 0 atom stereocenters. The Balaban J connectivity index is 2.53. The van der Waals surface area contributed by atoms with Crippen molar-refractivity contribution in [2.75, 3.05) is 12.3 Å². The summed E-state index contributed by atoms with van der Waals surface area (Å²) in [5.41, 5.74) is 5.80. The molecule has 0 amide bonds. The number of halogens is 1. The van der Waals surface area contributed by atoms with Crippen LogP contribution in [0.4, 0.5) is 5.69 Å². The van der Waals surface area contributed by atoms with E-state index in [1.165, 1.54) is 0 Å². The average molecular weight is 239 g/mol. The van der Waals surface area contributed by atoms with E-state index in [0.29, 0.717) is 29.5 Å². The Morgan fingerprint density at radius 2 is 2.19 bits per heavy atom. The lowest BCUT2D eigenvalue weighted by atomic mass is 9.92. The molecule has 0 radical (unpaired) electrons. The number of rotatable bonds is 4. The van der Waals surface area contributed by atoms with Crippen LogP contribution in [0.2, 0.25) is 5.02 Å². The maximum Gasteiger partial charge on any atom is 0.138 e. The Hall–Kier alpha value is -1.40. The predicted molar refractivity (Wildman–Crippen MR) is 65.4 cm³/mol. The fourth-order valence-electron chi connectivity index (χ4n) is 1.11. The van der Waals surface area contributed by atoms with Crippen LogP contribution in [-0.4, -0.2) is 6.61 Å². The van der Waals surface area contributed by atoms with Gasteiger partial charge in [-0.3, -0.25) is 0 Å². The molecule has 2 N–H and O–H groups in total. The van der Waals surface area contributed by atoms with Crippen LogP contribution in [0.1, 0.15) is 20.3 Å². The average Bonchev–Trinajstić information content (AvgIpc) is 2.21. The van der Waals surface area contributed by atoms with E-state index in [2.05, 4.69) is 6.07 Å². The van der Waals surface area contributed by atoms with Crippen molar-refractivity contribution < 1.29 is 4.74 Å². The largest absolute Gasteiger partial charge is 0.492 e. The van der Waals surface area contributed by atoms with E-state index in [1.54, 1.807) is 18.2 Å². The molecule has 86 valence electrons. The fraction of sp³-hybridized carbons (Fsp3) is 0.417. The summed E-state index contributed by atoms with van der Waals surface area (Å²) in [7, 11) is 0. The number of ether oxygens (including phenoxy) is 1. The van der Waals surface area contributed by atoms with Crippen molar-refractivity contribution in [2.24, 2.45) is 5.41 Å². The summed E-state index contributed by atoms with van der Waals surface area (Å²) in [5.74, 6) is 0.601. The van der Waals surface area contributed by atoms with Gasteiger partial charge in [-0.15, -0.1) is 0 Å². The maximum atomic E-state index is 8.83. The lowest BCUT2D eigenvalue weighted by Crippen LogP contribution is -2.13. The van der Waals surface area contributed by atoms with E-state index in [0.717, 1.165) is 0 Å². The van der Waals surface area contributed by atoms with Crippen molar-refractivity contribution >= 4 is 17.3 Å². The third-order valence-corrected chi connectivity index (χ3v) is 2.54. The van der Waals surface area contributed by atoms with Gasteiger partial charge in [0.2, 0.25) is 0 Å². The molecule has 3 nitrogen and oxygen atoms in total. The molecule has 0 heterocycles. The number of benzene rings is 1. The van der Waals surface area contributed by atoms with Crippen molar-refractivity contribution in [3.8, 4) is 11.8 Å². The summed E-state index contributed by atoms with van der Waals surface area (Å²) < 4.78 is 5.49.